The molecule has 0 radical (unpaired) electrons. The fourth-order valence-corrected chi connectivity index (χ4v) is 2.53. The van der Waals surface area contributed by atoms with E-state index in [1.54, 1.807) is 11.3 Å². The van der Waals surface area contributed by atoms with Crippen molar-refractivity contribution in [3.63, 3.8) is 0 Å². The summed E-state index contributed by atoms with van der Waals surface area (Å²) in [7, 11) is 0. The van der Waals surface area contributed by atoms with Crippen molar-refractivity contribution in [2.45, 2.75) is 18.8 Å². The van der Waals surface area contributed by atoms with Gasteiger partial charge in [0.25, 0.3) is 0 Å². The Balaban J connectivity index is 1.92. The van der Waals surface area contributed by atoms with E-state index in [0.29, 0.717) is 0 Å². The topological polar surface area (TPSA) is 26.0 Å². The van der Waals surface area contributed by atoms with Crippen LogP contribution >= 0.6 is 11.3 Å². The summed E-state index contributed by atoms with van der Waals surface area (Å²) < 4.78 is 0. The summed E-state index contributed by atoms with van der Waals surface area (Å²) in [6.45, 7) is 0. The average Bonchev–Trinajstić information content (AvgIpc) is 3.02. The molecule has 15 heavy (non-hydrogen) atoms. The van der Waals surface area contributed by atoms with Crippen molar-refractivity contribution >= 4 is 16.3 Å². The lowest BCUT2D eigenvalue weighted by molar-refractivity contribution is 1.13. The van der Waals surface area contributed by atoms with Crippen molar-refractivity contribution in [1.29, 1.82) is 0 Å². The maximum Gasteiger partial charge on any atom is 0.0862 e. The van der Waals surface area contributed by atoms with Gasteiger partial charge in [0, 0.05) is 5.38 Å². The van der Waals surface area contributed by atoms with E-state index in [1.807, 2.05) is 6.07 Å². The predicted molar refractivity (Wildman–Crippen MR) is 66.1 cm³/mol. The van der Waals surface area contributed by atoms with Crippen LogP contribution in [0.4, 0.5) is 5.00 Å². The number of nitrogens with two attached hydrogens (primary N) is 1. The van der Waals surface area contributed by atoms with Gasteiger partial charge in [0.1, 0.15) is 0 Å². The van der Waals surface area contributed by atoms with E-state index in [2.05, 4.69) is 29.6 Å². The van der Waals surface area contributed by atoms with Gasteiger partial charge in [-0.05, 0) is 41.5 Å². The molecule has 0 atom stereocenters. The van der Waals surface area contributed by atoms with Crippen molar-refractivity contribution in [3.8, 4) is 11.1 Å². The van der Waals surface area contributed by atoms with Crippen molar-refractivity contribution in [2.24, 2.45) is 0 Å². The summed E-state index contributed by atoms with van der Waals surface area (Å²) in [6.07, 6.45) is 2.73. The van der Waals surface area contributed by atoms with E-state index in [-0.39, 0.29) is 0 Å². The smallest absolute Gasteiger partial charge is 0.0862 e. The standard InChI is InChI=1S/C13H13NS/c14-13-7-12(8-15-13)11-5-3-10(4-6-11)9-1-2-9/h3-9H,1-2,14H2. The Hall–Kier alpha value is -1.28. The third-order valence-electron chi connectivity index (χ3n) is 2.91. The van der Waals surface area contributed by atoms with Crippen LogP contribution in [-0.4, -0.2) is 0 Å². The van der Waals surface area contributed by atoms with Gasteiger partial charge in [0.2, 0.25) is 0 Å². The highest BCUT2D eigenvalue weighted by Crippen LogP contribution is 2.40. The number of rotatable bonds is 2. The molecule has 2 aromatic rings. The third kappa shape index (κ3) is 1.77. The Morgan fingerprint density at radius 3 is 2.33 bits per heavy atom. The SMILES string of the molecule is Nc1cc(-c2ccc(C3CC3)cc2)cs1. The minimum atomic E-state index is 0.839. The molecule has 1 aliphatic carbocycles. The van der Waals surface area contributed by atoms with Crippen LogP contribution in [0.25, 0.3) is 11.1 Å². The molecule has 3 rings (SSSR count). The molecule has 2 heteroatoms. The van der Waals surface area contributed by atoms with Crippen LogP contribution in [0.2, 0.25) is 0 Å². The Kier molecular flexibility index (Phi) is 2.03. The average molecular weight is 215 g/mol. The monoisotopic (exact) mass is 215 g/mol. The first kappa shape index (κ1) is 8.98. The van der Waals surface area contributed by atoms with Crippen molar-refractivity contribution in [3.05, 3.63) is 41.3 Å². The van der Waals surface area contributed by atoms with E-state index in [9.17, 15) is 0 Å². The number of anilines is 1. The molecular formula is C13H13NS. The molecule has 0 amide bonds. The lowest BCUT2D eigenvalue weighted by atomic mass is 10.0. The van der Waals surface area contributed by atoms with Gasteiger partial charge in [0.05, 0.1) is 5.00 Å². The molecule has 1 heterocycles. The maximum absolute atomic E-state index is 5.72. The first-order valence-corrected chi connectivity index (χ1v) is 6.15. The molecule has 1 aromatic heterocycles. The molecule has 1 nitrogen and oxygen atoms in total. The molecule has 1 aliphatic rings. The molecule has 1 fully saturated rings. The van der Waals surface area contributed by atoms with E-state index in [1.165, 1.54) is 29.5 Å². The number of hydrogen-bond donors (Lipinski definition) is 1. The minimum absolute atomic E-state index is 0.839. The minimum Gasteiger partial charge on any atom is -0.391 e. The summed E-state index contributed by atoms with van der Waals surface area (Å²) in [6, 6.07) is 10.9. The van der Waals surface area contributed by atoms with Gasteiger partial charge in [0.15, 0.2) is 0 Å². The summed E-state index contributed by atoms with van der Waals surface area (Å²) in [5.41, 5.74) is 9.72. The molecule has 1 aromatic carbocycles. The third-order valence-corrected chi connectivity index (χ3v) is 3.67. The maximum atomic E-state index is 5.72. The van der Waals surface area contributed by atoms with Crippen LogP contribution in [-0.2, 0) is 0 Å². The Bertz CT molecular complexity index is 466. The largest absolute Gasteiger partial charge is 0.391 e. The van der Waals surface area contributed by atoms with Crippen molar-refractivity contribution in [2.75, 3.05) is 5.73 Å². The van der Waals surface area contributed by atoms with Crippen LogP contribution < -0.4 is 5.73 Å². The van der Waals surface area contributed by atoms with E-state index < -0.39 is 0 Å². The molecule has 0 aliphatic heterocycles. The summed E-state index contributed by atoms with van der Waals surface area (Å²) in [5, 5.41) is 3.00. The zero-order chi connectivity index (χ0) is 10.3. The van der Waals surface area contributed by atoms with Gasteiger partial charge in [-0.1, -0.05) is 24.3 Å². The first-order chi connectivity index (χ1) is 7.33. The van der Waals surface area contributed by atoms with Gasteiger partial charge in [-0.25, -0.2) is 0 Å². The second-order valence-corrected chi connectivity index (χ2v) is 5.08. The second kappa shape index (κ2) is 3.38. The number of hydrogen-bond acceptors (Lipinski definition) is 2. The Morgan fingerprint density at radius 1 is 1.07 bits per heavy atom. The molecular weight excluding hydrogens is 202 g/mol. The van der Waals surface area contributed by atoms with Crippen LogP contribution in [0.3, 0.4) is 0 Å². The van der Waals surface area contributed by atoms with Crippen LogP contribution in [0.15, 0.2) is 35.7 Å². The van der Waals surface area contributed by atoms with Gasteiger partial charge < -0.3 is 5.73 Å². The van der Waals surface area contributed by atoms with Gasteiger partial charge in [-0.15, -0.1) is 11.3 Å². The quantitative estimate of drug-likeness (QED) is 0.808. The highest BCUT2D eigenvalue weighted by molar-refractivity contribution is 7.14. The number of benzene rings is 1. The highest BCUT2D eigenvalue weighted by Gasteiger charge is 2.22. The Morgan fingerprint density at radius 2 is 1.80 bits per heavy atom. The van der Waals surface area contributed by atoms with Crippen molar-refractivity contribution < 1.29 is 0 Å². The van der Waals surface area contributed by atoms with Gasteiger partial charge in [-0.2, -0.15) is 0 Å². The summed E-state index contributed by atoms with van der Waals surface area (Å²) >= 11 is 1.60. The molecule has 0 bridgehead atoms. The summed E-state index contributed by atoms with van der Waals surface area (Å²) in [4.78, 5) is 0. The molecule has 0 unspecified atom stereocenters. The molecule has 76 valence electrons. The van der Waals surface area contributed by atoms with Crippen molar-refractivity contribution in [1.82, 2.24) is 0 Å². The van der Waals surface area contributed by atoms with Crippen LogP contribution in [0.1, 0.15) is 24.3 Å². The molecule has 0 spiro atoms. The van der Waals surface area contributed by atoms with E-state index >= 15 is 0 Å². The number of nitrogen functional groups attached to an aromatic ring is 1. The van der Waals surface area contributed by atoms with Gasteiger partial charge >= 0.3 is 0 Å². The fourth-order valence-electron chi connectivity index (χ4n) is 1.87. The normalized spacial score (nSPS) is 15.5. The van der Waals surface area contributed by atoms with Gasteiger partial charge in [-0.3, -0.25) is 0 Å². The lowest BCUT2D eigenvalue weighted by Gasteiger charge is -2.00. The second-order valence-electron chi connectivity index (χ2n) is 4.13. The lowest BCUT2D eigenvalue weighted by Crippen LogP contribution is -1.80. The molecule has 2 N–H and O–H groups in total. The van der Waals surface area contributed by atoms with E-state index in [4.69, 9.17) is 5.73 Å². The zero-order valence-corrected chi connectivity index (χ0v) is 9.26. The fraction of sp³-hybridized carbons (Fsp3) is 0.231. The van der Waals surface area contributed by atoms with E-state index in [0.717, 1.165) is 10.9 Å². The van der Waals surface area contributed by atoms with Crippen LogP contribution in [0, 0.1) is 0 Å². The molecule has 0 saturated heterocycles. The first-order valence-electron chi connectivity index (χ1n) is 5.27. The predicted octanol–water partition coefficient (Wildman–Crippen LogP) is 3.87. The molecule has 1 saturated carbocycles. The van der Waals surface area contributed by atoms with Crippen LogP contribution in [0.5, 0.6) is 0 Å². The summed E-state index contributed by atoms with van der Waals surface area (Å²) in [5.74, 6) is 0.839. The zero-order valence-electron chi connectivity index (χ0n) is 8.44. The number of thiophene rings is 1. The Labute approximate surface area is 93.6 Å². The highest BCUT2D eigenvalue weighted by atomic mass is 32.1.